The number of rotatable bonds is 7. The SMILES string of the molecule is CCC1C[C@]1(NC(=O)C1C[C@@H](OCc2cccc3ccccc23)CN1C(=O)OC(C)(C)C)C(=O)OC(C)(C)C. The number of carbonyl (C=O) groups excluding carboxylic acids is 3. The molecule has 4 rings (SSSR count). The molecule has 0 radical (unpaired) electrons. The third-order valence-corrected chi connectivity index (χ3v) is 7.26. The number of nitrogens with zero attached hydrogens (tertiary/aromatic N) is 1. The van der Waals surface area contributed by atoms with Gasteiger partial charge in [0.25, 0.3) is 0 Å². The van der Waals surface area contributed by atoms with Gasteiger partial charge in [0.15, 0.2) is 0 Å². The van der Waals surface area contributed by atoms with Crippen LogP contribution in [0.5, 0.6) is 0 Å². The van der Waals surface area contributed by atoms with Crippen molar-refractivity contribution in [2.75, 3.05) is 6.54 Å². The van der Waals surface area contributed by atoms with Crippen molar-refractivity contribution in [2.24, 2.45) is 5.92 Å². The molecule has 1 aliphatic heterocycles. The minimum atomic E-state index is -1.07. The second-order valence-electron chi connectivity index (χ2n) is 12.7. The van der Waals surface area contributed by atoms with Crippen LogP contribution in [0.1, 0.15) is 73.3 Å². The van der Waals surface area contributed by atoms with Gasteiger partial charge in [-0.3, -0.25) is 9.69 Å². The van der Waals surface area contributed by atoms with Crippen LogP contribution in [0.4, 0.5) is 4.79 Å². The van der Waals surface area contributed by atoms with Crippen molar-refractivity contribution in [1.82, 2.24) is 10.2 Å². The molecular formula is C31H42N2O6. The van der Waals surface area contributed by atoms with E-state index >= 15 is 0 Å². The van der Waals surface area contributed by atoms with Crippen LogP contribution in [0.15, 0.2) is 42.5 Å². The molecule has 1 saturated heterocycles. The highest BCUT2D eigenvalue weighted by Crippen LogP contribution is 2.47. The standard InChI is InChI=1S/C31H42N2O6/c1-8-22-17-31(22,27(35)38-29(2,3)4)32-26(34)25-16-23(18-33(25)28(36)39-30(5,6)7)37-19-21-14-11-13-20-12-9-10-15-24(20)21/h9-15,22-23,25H,8,16-19H2,1-7H3,(H,32,34)/t22?,23-,25?,31-/m1/s1. The smallest absolute Gasteiger partial charge is 0.411 e. The average Bonchev–Trinajstić information content (AvgIpc) is 3.38. The van der Waals surface area contributed by atoms with Gasteiger partial charge in [0.1, 0.15) is 22.8 Å². The van der Waals surface area contributed by atoms with Gasteiger partial charge in [-0.1, -0.05) is 55.8 Å². The summed E-state index contributed by atoms with van der Waals surface area (Å²) in [7, 11) is 0. The highest BCUT2D eigenvalue weighted by Gasteiger charge is 2.62. The van der Waals surface area contributed by atoms with E-state index in [0.717, 1.165) is 22.8 Å². The number of likely N-dealkylation sites (tertiary alicyclic amines) is 1. The lowest BCUT2D eigenvalue weighted by Crippen LogP contribution is -2.54. The molecule has 2 amide bonds. The number of carbonyl (C=O) groups is 3. The zero-order valence-corrected chi connectivity index (χ0v) is 24.2. The predicted molar refractivity (Wildman–Crippen MR) is 149 cm³/mol. The van der Waals surface area contributed by atoms with Crippen molar-refractivity contribution in [3.63, 3.8) is 0 Å². The number of amides is 2. The van der Waals surface area contributed by atoms with Gasteiger partial charge in [-0.05, 0) is 70.2 Å². The molecule has 1 aliphatic carbocycles. The summed E-state index contributed by atoms with van der Waals surface area (Å²) in [5, 5.41) is 5.21. The quantitative estimate of drug-likeness (QED) is 0.477. The number of benzene rings is 2. The summed E-state index contributed by atoms with van der Waals surface area (Å²) in [6.45, 7) is 13.3. The van der Waals surface area contributed by atoms with Crippen LogP contribution in [-0.4, -0.2) is 58.3 Å². The van der Waals surface area contributed by atoms with Crippen molar-refractivity contribution < 1.29 is 28.6 Å². The largest absolute Gasteiger partial charge is 0.458 e. The van der Waals surface area contributed by atoms with Crippen molar-refractivity contribution in [3.05, 3.63) is 48.0 Å². The lowest BCUT2D eigenvalue weighted by Gasteiger charge is -2.30. The number of fused-ring (bicyclic) bond motifs is 1. The molecule has 1 saturated carbocycles. The fourth-order valence-corrected chi connectivity index (χ4v) is 5.26. The lowest BCUT2D eigenvalue weighted by molar-refractivity contribution is -0.161. The average molecular weight is 539 g/mol. The molecule has 8 nitrogen and oxygen atoms in total. The Morgan fingerprint density at radius 1 is 0.974 bits per heavy atom. The van der Waals surface area contributed by atoms with Crippen LogP contribution in [-0.2, 0) is 30.4 Å². The molecule has 212 valence electrons. The zero-order chi connectivity index (χ0) is 28.6. The Hall–Kier alpha value is -3.13. The number of ether oxygens (including phenoxy) is 3. The molecule has 2 fully saturated rings. The Labute approximate surface area is 231 Å². The first kappa shape index (κ1) is 28.9. The molecular weight excluding hydrogens is 496 g/mol. The molecule has 1 N–H and O–H groups in total. The molecule has 0 aromatic heterocycles. The fourth-order valence-electron chi connectivity index (χ4n) is 5.26. The van der Waals surface area contributed by atoms with E-state index in [1.165, 1.54) is 4.90 Å². The fraction of sp³-hybridized carbons (Fsp3) is 0.581. The van der Waals surface area contributed by atoms with Gasteiger partial charge in [-0.25, -0.2) is 9.59 Å². The monoisotopic (exact) mass is 538 g/mol. The second-order valence-corrected chi connectivity index (χ2v) is 12.7. The van der Waals surface area contributed by atoms with Gasteiger partial charge in [0, 0.05) is 6.42 Å². The molecule has 0 bridgehead atoms. The first-order chi connectivity index (χ1) is 18.2. The minimum Gasteiger partial charge on any atom is -0.458 e. The van der Waals surface area contributed by atoms with Crippen molar-refractivity contribution in [3.8, 4) is 0 Å². The Kier molecular flexibility index (Phi) is 7.99. The van der Waals surface area contributed by atoms with Gasteiger partial charge < -0.3 is 19.5 Å². The van der Waals surface area contributed by atoms with Gasteiger partial charge in [0.2, 0.25) is 5.91 Å². The van der Waals surface area contributed by atoms with E-state index in [9.17, 15) is 14.4 Å². The van der Waals surface area contributed by atoms with E-state index < -0.39 is 34.8 Å². The van der Waals surface area contributed by atoms with Crippen LogP contribution >= 0.6 is 0 Å². The summed E-state index contributed by atoms with van der Waals surface area (Å²) in [6, 6.07) is 13.4. The van der Waals surface area contributed by atoms with E-state index in [1.807, 2.05) is 52.0 Å². The topological polar surface area (TPSA) is 94.2 Å². The van der Waals surface area contributed by atoms with E-state index in [1.54, 1.807) is 20.8 Å². The summed E-state index contributed by atoms with van der Waals surface area (Å²) < 4.78 is 17.6. The van der Waals surface area contributed by atoms with Crippen LogP contribution in [0.3, 0.4) is 0 Å². The summed E-state index contributed by atoms with van der Waals surface area (Å²) in [5.41, 5.74) is -1.42. The second kappa shape index (κ2) is 10.8. The van der Waals surface area contributed by atoms with Crippen LogP contribution < -0.4 is 5.32 Å². The van der Waals surface area contributed by atoms with E-state index in [2.05, 4.69) is 23.5 Å². The van der Waals surface area contributed by atoms with E-state index in [4.69, 9.17) is 14.2 Å². The first-order valence-corrected chi connectivity index (χ1v) is 13.9. The maximum atomic E-state index is 13.7. The minimum absolute atomic E-state index is 0.00825. The molecule has 4 atom stereocenters. The number of nitrogens with one attached hydrogen (secondary N) is 1. The van der Waals surface area contributed by atoms with Crippen molar-refractivity contribution >= 4 is 28.7 Å². The Bertz CT molecular complexity index is 1220. The summed E-state index contributed by atoms with van der Waals surface area (Å²) in [6.07, 6.45) is 0.608. The predicted octanol–water partition coefficient (Wildman–Crippen LogP) is 5.36. The molecule has 8 heteroatoms. The van der Waals surface area contributed by atoms with Gasteiger partial charge in [-0.2, -0.15) is 0 Å². The number of esters is 1. The van der Waals surface area contributed by atoms with E-state index in [0.29, 0.717) is 19.4 Å². The maximum Gasteiger partial charge on any atom is 0.411 e. The molecule has 2 aliphatic rings. The lowest BCUT2D eigenvalue weighted by atomic mass is 10.1. The van der Waals surface area contributed by atoms with E-state index in [-0.39, 0.29) is 24.5 Å². The summed E-state index contributed by atoms with van der Waals surface area (Å²) in [5.74, 6) is -0.828. The van der Waals surface area contributed by atoms with Crippen LogP contribution in [0.2, 0.25) is 0 Å². The normalized spacial score (nSPS) is 24.9. The van der Waals surface area contributed by atoms with Gasteiger partial charge >= 0.3 is 12.1 Å². The Balaban J connectivity index is 1.51. The van der Waals surface area contributed by atoms with Crippen LogP contribution in [0.25, 0.3) is 10.8 Å². The van der Waals surface area contributed by atoms with Crippen LogP contribution in [0, 0.1) is 5.92 Å². The molecule has 0 spiro atoms. The highest BCUT2D eigenvalue weighted by molar-refractivity contribution is 5.94. The summed E-state index contributed by atoms with van der Waals surface area (Å²) >= 11 is 0. The molecule has 39 heavy (non-hydrogen) atoms. The van der Waals surface area contributed by atoms with Gasteiger partial charge in [0.05, 0.1) is 19.3 Å². The van der Waals surface area contributed by atoms with Gasteiger partial charge in [-0.15, -0.1) is 0 Å². The third kappa shape index (κ3) is 6.72. The zero-order valence-electron chi connectivity index (χ0n) is 24.2. The highest BCUT2D eigenvalue weighted by atomic mass is 16.6. The van der Waals surface area contributed by atoms with Crippen molar-refractivity contribution in [1.29, 1.82) is 0 Å². The molecule has 2 aromatic carbocycles. The number of hydrogen-bond acceptors (Lipinski definition) is 6. The molecule has 2 unspecified atom stereocenters. The summed E-state index contributed by atoms with van der Waals surface area (Å²) in [4.78, 5) is 41.4. The Morgan fingerprint density at radius 2 is 1.64 bits per heavy atom. The number of hydrogen-bond donors (Lipinski definition) is 1. The third-order valence-electron chi connectivity index (χ3n) is 7.26. The molecule has 2 aromatic rings. The Morgan fingerprint density at radius 3 is 2.28 bits per heavy atom. The van der Waals surface area contributed by atoms with Crippen molar-refractivity contribution in [2.45, 2.75) is 103 Å². The maximum absolute atomic E-state index is 13.7. The molecule has 1 heterocycles. The first-order valence-electron chi connectivity index (χ1n) is 13.9.